The van der Waals surface area contributed by atoms with Crippen molar-refractivity contribution >= 4 is 28.9 Å². The van der Waals surface area contributed by atoms with E-state index in [1.165, 1.54) is 6.42 Å². The molecule has 0 unspecified atom stereocenters. The SMILES string of the molecule is C[C@@H]1CCC[C@@H](C)N1C(=O)c1ccc(N=C2C(=O)N(C)c3ccccc32)cc1. The summed E-state index contributed by atoms with van der Waals surface area (Å²) in [6, 6.07) is 15.4. The lowest BCUT2D eigenvalue weighted by Crippen LogP contribution is -2.47. The normalized spacial score (nSPS) is 23.2. The standard InChI is InChI=1S/C23H25N3O2/c1-15-7-6-8-16(2)26(15)22(27)17-11-13-18(14-12-17)24-21-19-9-4-5-10-20(19)25(3)23(21)28/h4-5,9-16H,6-8H2,1-3H3/t15-,16-/m1/s1. The van der Waals surface area contributed by atoms with E-state index in [0.29, 0.717) is 17.0 Å². The Hall–Kier alpha value is -2.95. The molecular formula is C23H25N3O2. The summed E-state index contributed by atoms with van der Waals surface area (Å²) in [6.45, 7) is 4.24. The highest BCUT2D eigenvalue weighted by atomic mass is 16.2. The van der Waals surface area contributed by atoms with Crippen molar-refractivity contribution in [2.75, 3.05) is 11.9 Å². The van der Waals surface area contributed by atoms with Crippen molar-refractivity contribution in [1.29, 1.82) is 0 Å². The molecule has 0 spiro atoms. The van der Waals surface area contributed by atoms with Crippen LogP contribution < -0.4 is 4.90 Å². The molecule has 0 N–H and O–H groups in total. The predicted molar refractivity (Wildman–Crippen MR) is 111 cm³/mol. The number of carbonyl (C=O) groups is 2. The maximum atomic E-state index is 13.0. The molecular weight excluding hydrogens is 350 g/mol. The number of likely N-dealkylation sites (N-methyl/N-ethyl adjacent to an activating group) is 1. The fourth-order valence-electron chi connectivity index (χ4n) is 4.24. The Labute approximate surface area is 165 Å². The molecule has 0 aliphatic carbocycles. The topological polar surface area (TPSA) is 53.0 Å². The first-order valence-corrected chi connectivity index (χ1v) is 9.86. The van der Waals surface area contributed by atoms with Crippen LogP contribution in [0.1, 0.15) is 49.0 Å². The Morgan fingerprint density at radius 2 is 1.64 bits per heavy atom. The molecule has 2 atom stereocenters. The van der Waals surface area contributed by atoms with Gasteiger partial charge < -0.3 is 9.80 Å². The second kappa shape index (κ2) is 7.23. The molecule has 1 saturated heterocycles. The lowest BCUT2D eigenvalue weighted by atomic mass is 9.96. The third-order valence-corrected chi connectivity index (χ3v) is 5.81. The van der Waals surface area contributed by atoms with Crippen molar-refractivity contribution in [3.05, 3.63) is 59.7 Å². The number of fused-ring (bicyclic) bond motifs is 1. The molecule has 144 valence electrons. The van der Waals surface area contributed by atoms with Gasteiger partial charge in [0.2, 0.25) is 0 Å². The number of hydrogen-bond acceptors (Lipinski definition) is 3. The summed E-state index contributed by atoms with van der Waals surface area (Å²) in [5.74, 6) is -0.0433. The Morgan fingerprint density at radius 1 is 1.00 bits per heavy atom. The fourth-order valence-corrected chi connectivity index (χ4v) is 4.24. The van der Waals surface area contributed by atoms with Crippen LogP contribution in [0.5, 0.6) is 0 Å². The Bertz CT molecular complexity index is 939. The second-order valence-corrected chi connectivity index (χ2v) is 7.73. The van der Waals surface area contributed by atoms with Crippen molar-refractivity contribution < 1.29 is 9.59 Å². The summed E-state index contributed by atoms with van der Waals surface area (Å²) in [4.78, 5) is 33.7. The number of carbonyl (C=O) groups excluding carboxylic acids is 2. The molecule has 4 rings (SSSR count). The van der Waals surface area contributed by atoms with Crippen LogP contribution in [0.3, 0.4) is 0 Å². The highest BCUT2D eigenvalue weighted by Crippen LogP contribution is 2.30. The van der Waals surface area contributed by atoms with E-state index in [9.17, 15) is 9.59 Å². The molecule has 5 heteroatoms. The molecule has 0 aromatic heterocycles. The fraction of sp³-hybridized carbons (Fsp3) is 0.348. The van der Waals surface area contributed by atoms with Gasteiger partial charge in [-0.1, -0.05) is 18.2 Å². The van der Waals surface area contributed by atoms with E-state index in [-0.39, 0.29) is 23.9 Å². The van der Waals surface area contributed by atoms with E-state index >= 15 is 0 Å². The summed E-state index contributed by atoms with van der Waals surface area (Å²) in [5, 5.41) is 0. The lowest BCUT2D eigenvalue weighted by Gasteiger charge is -2.39. The summed E-state index contributed by atoms with van der Waals surface area (Å²) < 4.78 is 0. The summed E-state index contributed by atoms with van der Waals surface area (Å²) in [7, 11) is 1.76. The quantitative estimate of drug-likeness (QED) is 0.790. The van der Waals surface area contributed by atoms with Gasteiger partial charge in [-0.25, -0.2) is 4.99 Å². The number of benzene rings is 2. The number of aliphatic imine (C=N–C) groups is 1. The first-order chi connectivity index (χ1) is 13.5. The number of nitrogens with zero attached hydrogens (tertiary/aromatic N) is 3. The first-order valence-electron chi connectivity index (χ1n) is 9.86. The molecule has 2 amide bonds. The third-order valence-electron chi connectivity index (χ3n) is 5.81. The van der Waals surface area contributed by atoms with E-state index in [1.54, 1.807) is 11.9 Å². The van der Waals surface area contributed by atoms with E-state index < -0.39 is 0 Å². The van der Waals surface area contributed by atoms with Gasteiger partial charge in [0, 0.05) is 30.3 Å². The molecule has 0 radical (unpaired) electrons. The number of hydrogen-bond donors (Lipinski definition) is 0. The molecule has 0 saturated carbocycles. The molecule has 28 heavy (non-hydrogen) atoms. The molecule has 2 aromatic rings. The van der Waals surface area contributed by atoms with Crippen LogP contribution in [-0.2, 0) is 4.79 Å². The number of rotatable bonds is 2. The Morgan fingerprint density at radius 3 is 2.32 bits per heavy atom. The van der Waals surface area contributed by atoms with E-state index in [4.69, 9.17) is 0 Å². The Balaban J connectivity index is 1.60. The van der Waals surface area contributed by atoms with Crippen molar-refractivity contribution in [2.24, 2.45) is 4.99 Å². The van der Waals surface area contributed by atoms with Gasteiger partial charge >= 0.3 is 0 Å². The number of likely N-dealkylation sites (tertiary alicyclic amines) is 1. The van der Waals surface area contributed by atoms with Gasteiger partial charge in [0.15, 0.2) is 0 Å². The van der Waals surface area contributed by atoms with Crippen LogP contribution in [-0.4, -0.2) is 41.6 Å². The van der Waals surface area contributed by atoms with Gasteiger partial charge in [-0.2, -0.15) is 0 Å². The number of anilines is 1. The number of piperidine rings is 1. The van der Waals surface area contributed by atoms with Gasteiger partial charge in [-0.3, -0.25) is 9.59 Å². The highest BCUT2D eigenvalue weighted by molar-refractivity contribution is 6.54. The average Bonchev–Trinajstić information content (AvgIpc) is 2.93. The van der Waals surface area contributed by atoms with Crippen molar-refractivity contribution in [1.82, 2.24) is 4.90 Å². The maximum absolute atomic E-state index is 13.0. The maximum Gasteiger partial charge on any atom is 0.277 e. The predicted octanol–water partition coefficient (Wildman–Crippen LogP) is 4.19. The van der Waals surface area contributed by atoms with Crippen LogP contribution in [0.25, 0.3) is 0 Å². The van der Waals surface area contributed by atoms with Crippen LogP contribution in [0.15, 0.2) is 53.5 Å². The number of amides is 2. The molecule has 1 fully saturated rings. The van der Waals surface area contributed by atoms with Gasteiger partial charge in [0.1, 0.15) is 5.71 Å². The summed E-state index contributed by atoms with van der Waals surface area (Å²) >= 11 is 0. The zero-order valence-corrected chi connectivity index (χ0v) is 16.6. The van der Waals surface area contributed by atoms with Crippen LogP contribution in [0.4, 0.5) is 11.4 Å². The summed E-state index contributed by atoms with van der Waals surface area (Å²) in [6.07, 6.45) is 3.28. The van der Waals surface area contributed by atoms with Crippen molar-refractivity contribution in [3.8, 4) is 0 Å². The highest BCUT2D eigenvalue weighted by Gasteiger charge is 2.31. The smallest absolute Gasteiger partial charge is 0.277 e. The molecule has 2 aliphatic rings. The number of para-hydroxylation sites is 1. The lowest BCUT2D eigenvalue weighted by molar-refractivity contribution is -0.111. The van der Waals surface area contributed by atoms with E-state index in [1.807, 2.05) is 53.4 Å². The molecule has 2 aliphatic heterocycles. The van der Waals surface area contributed by atoms with Crippen molar-refractivity contribution in [3.63, 3.8) is 0 Å². The van der Waals surface area contributed by atoms with Crippen LogP contribution >= 0.6 is 0 Å². The minimum atomic E-state index is -0.114. The summed E-state index contributed by atoms with van der Waals surface area (Å²) in [5.41, 5.74) is 3.48. The van der Waals surface area contributed by atoms with E-state index in [0.717, 1.165) is 24.1 Å². The minimum Gasteiger partial charge on any atom is -0.333 e. The van der Waals surface area contributed by atoms with Gasteiger partial charge in [0.25, 0.3) is 11.8 Å². The molecule has 0 bridgehead atoms. The van der Waals surface area contributed by atoms with E-state index in [2.05, 4.69) is 18.8 Å². The largest absolute Gasteiger partial charge is 0.333 e. The van der Waals surface area contributed by atoms with Crippen molar-refractivity contribution in [2.45, 2.75) is 45.2 Å². The van der Waals surface area contributed by atoms with Crippen LogP contribution in [0, 0.1) is 0 Å². The molecule has 2 aromatic carbocycles. The van der Waals surface area contributed by atoms with Gasteiger partial charge in [-0.05, 0) is 63.4 Å². The van der Waals surface area contributed by atoms with Gasteiger partial charge in [-0.15, -0.1) is 0 Å². The Kier molecular flexibility index (Phi) is 4.75. The first kappa shape index (κ1) is 18.4. The monoisotopic (exact) mass is 375 g/mol. The van der Waals surface area contributed by atoms with Crippen LogP contribution in [0.2, 0.25) is 0 Å². The zero-order chi connectivity index (χ0) is 19.8. The second-order valence-electron chi connectivity index (χ2n) is 7.73. The minimum absolute atomic E-state index is 0.0703. The molecule has 2 heterocycles. The average molecular weight is 375 g/mol. The van der Waals surface area contributed by atoms with Gasteiger partial charge in [0.05, 0.1) is 11.4 Å². The third kappa shape index (κ3) is 3.11. The zero-order valence-electron chi connectivity index (χ0n) is 16.6. The molecule has 5 nitrogen and oxygen atoms in total.